The lowest BCUT2D eigenvalue weighted by molar-refractivity contribution is 0.122. The number of aromatic nitrogens is 7. The van der Waals surface area contributed by atoms with Crippen molar-refractivity contribution in [3.63, 3.8) is 0 Å². The highest BCUT2D eigenvalue weighted by Gasteiger charge is 2.27. The number of nitrogens with zero attached hydrogens (tertiary/aromatic N) is 7. The maximum absolute atomic E-state index is 5.49. The van der Waals surface area contributed by atoms with Gasteiger partial charge < -0.3 is 19.5 Å². The van der Waals surface area contributed by atoms with Gasteiger partial charge in [0.15, 0.2) is 17.3 Å². The fourth-order valence-electron chi connectivity index (χ4n) is 3.94. The van der Waals surface area contributed by atoms with E-state index >= 15 is 0 Å². The third-order valence-electron chi connectivity index (χ3n) is 5.85. The van der Waals surface area contributed by atoms with Gasteiger partial charge in [0.25, 0.3) is 0 Å². The van der Waals surface area contributed by atoms with Gasteiger partial charge in [-0.05, 0) is 25.7 Å². The zero-order chi connectivity index (χ0) is 19.1. The highest BCUT2D eigenvalue weighted by Crippen LogP contribution is 2.33. The molecule has 0 aromatic carbocycles. The molecule has 3 aromatic rings. The number of hydrogen-bond donors (Lipinski definition) is 2. The van der Waals surface area contributed by atoms with Crippen molar-refractivity contribution in [3.05, 3.63) is 6.33 Å². The first-order valence-corrected chi connectivity index (χ1v) is 9.90. The first-order valence-electron chi connectivity index (χ1n) is 9.90. The summed E-state index contributed by atoms with van der Waals surface area (Å²) in [6, 6.07) is 0.344. The first-order chi connectivity index (χ1) is 13.7. The van der Waals surface area contributed by atoms with Gasteiger partial charge in [-0.3, -0.25) is 5.10 Å². The summed E-state index contributed by atoms with van der Waals surface area (Å²) in [6.45, 7) is 5.29. The summed E-state index contributed by atoms with van der Waals surface area (Å²) in [5, 5.41) is 10.4. The van der Waals surface area contributed by atoms with Gasteiger partial charge in [0.2, 0.25) is 11.8 Å². The van der Waals surface area contributed by atoms with Gasteiger partial charge in [-0.1, -0.05) is 6.42 Å². The van der Waals surface area contributed by atoms with Crippen molar-refractivity contribution < 1.29 is 4.74 Å². The number of ether oxygens (including phenoxy) is 1. The molecule has 2 fully saturated rings. The lowest BCUT2D eigenvalue weighted by Crippen LogP contribution is -2.37. The molecule has 1 aliphatic carbocycles. The standard InChI is InChI=1S/C18H25N9O/c1-11(12-4-3-5-12)21-14-13-15(23-17(22-14)16-19-10-20-25-16)24-18(26(13)2)27-6-8-28-9-7-27/h10-12H,3-9H2,1-2H3,(H,19,20,25)(H,21,22,23)/t11-/m1/s1. The number of aryl methyl sites for hydroxylation is 1. The van der Waals surface area contributed by atoms with E-state index in [9.17, 15) is 0 Å². The predicted molar refractivity (Wildman–Crippen MR) is 105 cm³/mol. The predicted octanol–water partition coefficient (Wildman–Crippen LogP) is 1.59. The number of H-pyrrole nitrogens is 1. The molecule has 1 saturated carbocycles. The number of imidazole rings is 1. The van der Waals surface area contributed by atoms with E-state index in [1.807, 2.05) is 7.05 Å². The molecule has 4 heterocycles. The Morgan fingerprint density at radius 2 is 2.04 bits per heavy atom. The largest absolute Gasteiger partial charge is 0.378 e. The molecule has 0 bridgehead atoms. The minimum absolute atomic E-state index is 0.344. The summed E-state index contributed by atoms with van der Waals surface area (Å²) in [6.07, 6.45) is 5.31. The van der Waals surface area contributed by atoms with Crippen LogP contribution in [0.4, 0.5) is 11.8 Å². The van der Waals surface area contributed by atoms with E-state index in [1.165, 1.54) is 25.6 Å². The van der Waals surface area contributed by atoms with Crippen molar-refractivity contribution in [2.45, 2.75) is 32.2 Å². The van der Waals surface area contributed by atoms with E-state index in [0.29, 0.717) is 42.5 Å². The molecule has 5 rings (SSSR count). The highest BCUT2D eigenvalue weighted by atomic mass is 16.5. The zero-order valence-corrected chi connectivity index (χ0v) is 16.2. The smallest absolute Gasteiger partial charge is 0.208 e. The van der Waals surface area contributed by atoms with Gasteiger partial charge in [0, 0.05) is 26.2 Å². The quantitative estimate of drug-likeness (QED) is 0.683. The molecule has 28 heavy (non-hydrogen) atoms. The van der Waals surface area contributed by atoms with Gasteiger partial charge in [-0.25, -0.2) is 15.0 Å². The Morgan fingerprint density at radius 1 is 1.21 bits per heavy atom. The van der Waals surface area contributed by atoms with Crippen LogP contribution in [0.1, 0.15) is 26.2 Å². The molecular weight excluding hydrogens is 358 g/mol. The molecule has 0 amide bonds. The van der Waals surface area contributed by atoms with E-state index in [-0.39, 0.29) is 0 Å². The van der Waals surface area contributed by atoms with Gasteiger partial charge >= 0.3 is 0 Å². The van der Waals surface area contributed by atoms with Crippen molar-refractivity contribution in [1.82, 2.24) is 34.7 Å². The molecule has 2 aliphatic rings. The maximum Gasteiger partial charge on any atom is 0.208 e. The molecular formula is C18H25N9O. The lowest BCUT2D eigenvalue weighted by atomic mass is 9.80. The topological polar surface area (TPSA) is 110 Å². The van der Waals surface area contributed by atoms with Gasteiger partial charge in [-0.2, -0.15) is 10.1 Å². The third kappa shape index (κ3) is 2.97. The number of hydrogen-bond acceptors (Lipinski definition) is 8. The third-order valence-corrected chi connectivity index (χ3v) is 5.85. The summed E-state index contributed by atoms with van der Waals surface area (Å²) in [4.78, 5) is 20.7. The Kier molecular flexibility index (Phi) is 4.34. The van der Waals surface area contributed by atoms with Crippen molar-refractivity contribution in [1.29, 1.82) is 0 Å². The molecule has 0 radical (unpaired) electrons. The molecule has 1 saturated heterocycles. The molecule has 3 aromatic heterocycles. The Labute approximate surface area is 162 Å². The molecule has 148 valence electrons. The van der Waals surface area contributed by atoms with Crippen LogP contribution < -0.4 is 10.2 Å². The van der Waals surface area contributed by atoms with Crippen molar-refractivity contribution in [3.8, 4) is 11.6 Å². The summed E-state index contributed by atoms with van der Waals surface area (Å²) in [5.41, 5.74) is 1.57. The van der Waals surface area contributed by atoms with E-state index in [1.54, 1.807) is 0 Å². The van der Waals surface area contributed by atoms with Crippen LogP contribution in [-0.2, 0) is 11.8 Å². The summed E-state index contributed by atoms with van der Waals surface area (Å²) in [7, 11) is 2.02. The van der Waals surface area contributed by atoms with Crippen molar-refractivity contribution >= 4 is 22.9 Å². The molecule has 0 spiro atoms. The second-order valence-corrected chi connectivity index (χ2v) is 7.60. The molecule has 10 nitrogen and oxygen atoms in total. The maximum atomic E-state index is 5.49. The first kappa shape index (κ1) is 17.4. The van der Waals surface area contributed by atoms with E-state index in [0.717, 1.165) is 30.4 Å². The van der Waals surface area contributed by atoms with E-state index < -0.39 is 0 Å². The normalized spacial score (nSPS) is 19.0. The van der Waals surface area contributed by atoms with Crippen LogP contribution in [0.25, 0.3) is 22.8 Å². The molecule has 1 atom stereocenters. The summed E-state index contributed by atoms with van der Waals surface area (Å²) < 4.78 is 7.57. The minimum Gasteiger partial charge on any atom is -0.378 e. The van der Waals surface area contributed by atoms with Gasteiger partial charge in [0.1, 0.15) is 11.8 Å². The van der Waals surface area contributed by atoms with E-state index in [4.69, 9.17) is 14.7 Å². The van der Waals surface area contributed by atoms with Crippen molar-refractivity contribution in [2.24, 2.45) is 13.0 Å². The fourth-order valence-corrected chi connectivity index (χ4v) is 3.94. The monoisotopic (exact) mass is 383 g/mol. The summed E-state index contributed by atoms with van der Waals surface area (Å²) >= 11 is 0. The van der Waals surface area contributed by atoms with Crippen LogP contribution >= 0.6 is 0 Å². The van der Waals surface area contributed by atoms with Crippen LogP contribution in [0.15, 0.2) is 6.33 Å². The number of anilines is 2. The second kappa shape index (κ2) is 7.01. The number of rotatable bonds is 5. The molecule has 10 heteroatoms. The average Bonchev–Trinajstić information content (AvgIpc) is 3.29. The van der Waals surface area contributed by atoms with Crippen LogP contribution in [0.3, 0.4) is 0 Å². The second-order valence-electron chi connectivity index (χ2n) is 7.60. The number of fused-ring (bicyclic) bond motifs is 1. The molecule has 1 aliphatic heterocycles. The minimum atomic E-state index is 0.344. The molecule has 0 unspecified atom stereocenters. The average molecular weight is 383 g/mol. The zero-order valence-electron chi connectivity index (χ0n) is 16.2. The van der Waals surface area contributed by atoms with Crippen LogP contribution in [0.2, 0.25) is 0 Å². The SMILES string of the molecule is C[C@@H](Nc1nc(-c2ncn[nH]2)nc2nc(N3CCOCC3)n(C)c12)C1CCC1. The van der Waals surface area contributed by atoms with Crippen LogP contribution in [0.5, 0.6) is 0 Å². The van der Waals surface area contributed by atoms with Gasteiger partial charge in [0.05, 0.1) is 13.2 Å². The van der Waals surface area contributed by atoms with Crippen LogP contribution in [0, 0.1) is 5.92 Å². The fraction of sp³-hybridized carbons (Fsp3) is 0.611. The van der Waals surface area contributed by atoms with Crippen LogP contribution in [-0.4, -0.2) is 67.0 Å². The number of nitrogens with one attached hydrogen (secondary N) is 2. The Bertz CT molecular complexity index is 957. The number of aromatic amines is 1. The molecule has 2 N–H and O–H groups in total. The number of morpholine rings is 1. The van der Waals surface area contributed by atoms with E-state index in [2.05, 4.69) is 41.9 Å². The van der Waals surface area contributed by atoms with Gasteiger partial charge in [-0.15, -0.1) is 0 Å². The highest BCUT2D eigenvalue weighted by molar-refractivity contribution is 5.87. The summed E-state index contributed by atoms with van der Waals surface area (Å²) in [5.74, 6) is 3.41. The lowest BCUT2D eigenvalue weighted by Gasteiger charge is -2.32. The Balaban J connectivity index is 1.60. The van der Waals surface area contributed by atoms with Crippen molar-refractivity contribution in [2.75, 3.05) is 36.5 Å². The Morgan fingerprint density at radius 3 is 2.71 bits per heavy atom. The Hall–Kier alpha value is -2.75.